The lowest BCUT2D eigenvalue weighted by molar-refractivity contribution is 1.14. The predicted molar refractivity (Wildman–Crippen MR) is 85.7 cm³/mol. The SMILES string of the molecule is CCc1ccc(-c2cc(C)c(N=C=S)c(Cl)c2)cc1. The molecule has 96 valence electrons. The maximum Gasteiger partial charge on any atom is 0.0955 e. The summed E-state index contributed by atoms with van der Waals surface area (Å²) in [6, 6.07) is 12.5. The van der Waals surface area contributed by atoms with Gasteiger partial charge in [-0.25, -0.2) is 0 Å². The summed E-state index contributed by atoms with van der Waals surface area (Å²) in [5, 5.41) is 2.97. The number of benzene rings is 2. The van der Waals surface area contributed by atoms with Crippen LogP contribution in [-0.4, -0.2) is 5.16 Å². The molecule has 0 unspecified atom stereocenters. The highest BCUT2D eigenvalue weighted by atomic mass is 35.5. The molecule has 0 aliphatic carbocycles. The van der Waals surface area contributed by atoms with Crippen LogP contribution in [0.5, 0.6) is 0 Å². The minimum atomic E-state index is 0.604. The largest absolute Gasteiger partial charge is 0.193 e. The molecule has 0 saturated carbocycles. The molecule has 0 aliphatic rings. The van der Waals surface area contributed by atoms with Crippen LogP contribution in [-0.2, 0) is 6.42 Å². The van der Waals surface area contributed by atoms with Crippen molar-refractivity contribution >= 4 is 34.7 Å². The van der Waals surface area contributed by atoms with E-state index < -0.39 is 0 Å². The van der Waals surface area contributed by atoms with Gasteiger partial charge < -0.3 is 0 Å². The molecular formula is C16H14ClNS. The molecule has 19 heavy (non-hydrogen) atoms. The molecule has 0 aliphatic heterocycles. The van der Waals surface area contributed by atoms with Gasteiger partial charge in [0.05, 0.1) is 15.9 Å². The molecular weight excluding hydrogens is 274 g/mol. The van der Waals surface area contributed by atoms with E-state index in [4.69, 9.17) is 11.6 Å². The van der Waals surface area contributed by atoms with Gasteiger partial charge in [-0.1, -0.05) is 42.8 Å². The molecule has 2 rings (SSSR count). The highest BCUT2D eigenvalue weighted by Gasteiger charge is 2.07. The third kappa shape index (κ3) is 3.10. The summed E-state index contributed by atoms with van der Waals surface area (Å²) >= 11 is 10.9. The zero-order chi connectivity index (χ0) is 13.8. The fraction of sp³-hybridized carbons (Fsp3) is 0.188. The fourth-order valence-corrected chi connectivity index (χ4v) is 2.42. The van der Waals surface area contributed by atoms with Gasteiger partial charge >= 0.3 is 0 Å². The zero-order valence-corrected chi connectivity index (χ0v) is 12.5. The predicted octanol–water partition coefficient (Wildman–Crippen LogP) is 5.61. The van der Waals surface area contributed by atoms with Crippen LogP contribution in [0.1, 0.15) is 18.1 Å². The van der Waals surface area contributed by atoms with Crippen molar-refractivity contribution in [3.8, 4) is 11.1 Å². The van der Waals surface area contributed by atoms with Crippen LogP contribution < -0.4 is 0 Å². The van der Waals surface area contributed by atoms with Crippen molar-refractivity contribution in [2.45, 2.75) is 20.3 Å². The van der Waals surface area contributed by atoms with E-state index in [0.717, 1.165) is 23.1 Å². The van der Waals surface area contributed by atoms with Crippen molar-refractivity contribution in [2.75, 3.05) is 0 Å². The molecule has 0 amide bonds. The highest BCUT2D eigenvalue weighted by molar-refractivity contribution is 7.78. The average Bonchev–Trinajstić information content (AvgIpc) is 2.43. The lowest BCUT2D eigenvalue weighted by atomic mass is 10.0. The Balaban J connectivity index is 2.48. The van der Waals surface area contributed by atoms with Gasteiger partial charge in [-0.2, -0.15) is 4.99 Å². The number of rotatable bonds is 3. The molecule has 3 heteroatoms. The Bertz CT molecular complexity index is 617. The Labute approximate surface area is 124 Å². The Kier molecular flexibility index (Phi) is 4.49. The zero-order valence-electron chi connectivity index (χ0n) is 10.9. The van der Waals surface area contributed by atoms with Gasteiger partial charge in [0.15, 0.2) is 0 Å². The molecule has 0 heterocycles. The molecule has 0 spiro atoms. The first-order valence-corrected chi connectivity index (χ1v) is 6.91. The number of hydrogen-bond donors (Lipinski definition) is 0. The highest BCUT2D eigenvalue weighted by Crippen LogP contribution is 2.34. The summed E-state index contributed by atoms with van der Waals surface area (Å²) in [5.41, 5.74) is 5.27. The fourth-order valence-electron chi connectivity index (χ4n) is 2.02. The third-order valence-corrected chi connectivity index (χ3v) is 3.49. The third-order valence-electron chi connectivity index (χ3n) is 3.11. The summed E-state index contributed by atoms with van der Waals surface area (Å²) in [4.78, 5) is 4.00. The quantitative estimate of drug-likeness (QED) is 0.528. The van der Waals surface area contributed by atoms with Gasteiger partial charge in [0, 0.05) is 0 Å². The second-order valence-corrected chi connectivity index (χ2v) is 4.97. The summed E-state index contributed by atoms with van der Waals surface area (Å²) in [6.45, 7) is 4.12. The van der Waals surface area contributed by atoms with E-state index in [-0.39, 0.29) is 0 Å². The number of isothiocyanates is 1. The minimum Gasteiger partial charge on any atom is -0.193 e. The van der Waals surface area contributed by atoms with Crippen LogP contribution in [0.15, 0.2) is 41.4 Å². The number of nitrogens with zero attached hydrogens (tertiary/aromatic N) is 1. The van der Waals surface area contributed by atoms with Crippen molar-refractivity contribution < 1.29 is 0 Å². The van der Waals surface area contributed by atoms with Crippen LogP contribution in [0.25, 0.3) is 11.1 Å². The molecule has 0 fully saturated rings. The number of hydrogen-bond acceptors (Lipinski definition) is 2. The standard InChI is InChI=1S/C16H14ClNS/c1-3-12-4-6-13(7-5-12)14-8-11(2)16(18-10-19)15(17)9-14/h4-9H,3H2,1-2H3. The molecule has 0 saturated heterocycles. The van der Waals surface area contributed by atoms with Gasteiger partial charge in [-0.3, -0.25) is 0 Å². The Morgan fingerprint density at radius 2 is 1.84 bits per heavy atom. The lowest BCUT2D eigenvalue weighted by Crippen LogP contribution is -1.84. The van der Waals surface area contributed by atoms with Crippen molar-refractivity contribution in [1.82, 2.24) is 0 Å². The van der Waals surface area contributed by atoms with Crippen LogP contribution in [0.2, 0.25) is 5.02 Å². The first kappa shape index (κ1) is 14.0. The molecule has 1 nitrogen and oxygen atoms in total. The molecule has 0 aromatic heterocycles. The van der Waals surface area contributed by atoms with Crippen molar-refractivity contribution in [3.63, 3.8) is 0 Å². The summed E-state index contributed by atoms with van der Waals surface area (Å²) in [5.74, 6) is 0. The topological polar surface area (TPSA) is 12.4 Å². The smallest absolute Gasteiger partial charge is 0.0955 e. The van der Waals surface area contributed by atoms with Crippen LogP contribution in [0.3, 0.4) is 0 Å². The van der Waals surface area contributed by atoms with E-state index in [2.05, 4.69) is 59.6 Å². The van der Waals surface area contributed by atoms with Crippen LogP contribution >= 0.6 is 23.8 Å². The van der Waals surface area contributed by atoms with Gasteiger partial charge in [0.1, 0.15) is 0 Å². The average molecular weight is 288 g/mol. The van der Waals surface area contributed by atoms with Gasteiger partial charge in [0.25, 0.3) is 0 Å². The maximum atomic E-state index is 6.24. The van der Waals surface area contributed by atoms with Gasteiger partial charge in [-0.05, 0) is 59.9 Å². The first-order valence-electron chi connectivity index (χ1n) is 6.13. The van der Waals surface area contributed by atoms with E-state index in [1.165, 1.54) is 5.56 Å². The van der Waals surface area contributed by atoms with Crippen LogP contribution in [0.4, 0.5) is 5.69 Å². The minimum absolute atomic E-state index is 0.604. The van der Waals surface area contributed by atoms with E-state index in [9.17, 15) is 0 Å². The Morgan fingerprint density at radius 1 is 1.16 bits per heavy atom. The molecule has 0 N–H and O–H groups in total. The normalized spacial score (nSPS) is 10.1. The summed E-state index contributed by atoms with van der Waals surface area (Å²) < 4.78 is 0. The van der Waals surface area contributed by atoms with E-state index in [0.29, 0.717) is 10.7 Å². The van der Waals surface area contributed by atoms with Gasteiger partial charge in [-0.15, -0.1) is 0 Å². The summed E-state index contributed by atoms with van der Waals surface area (Å²) in [6.07, 6.45) is 1.04. The van der Waals surface area contributed by atoms with E-state index in [1.54, 1.807) is 0 Å². The second-order valence-electron chi connectivity index (χ2n) is 4.38. The van der Waals surface area contributed by atoms with Gasteiger partial charge in [0.2, 0.25) is 0 Å². The molecule has 0 radical (unpaired) electrons. The number of halogens is 1. The molecule has 0 bridgehead atoms. The number of aliphatic imine (C=N–C) groups is 1. The Hall–Kier alpha value is -1.47. The number of aryl methyl sites for hydroxylation is 2. The lowest BCUT2D eigenvalue weighted by Gasteiger charge is -2.08. The van der Waals surface area contributed by atoms with E-state index in [1.807, 2.05) is 13.0 Å². The molecule has 0 atom stereocenters. The monoisotopic (exact) mass is 287 g/mol. The van der Waals surface area contributed by atoms with Crippen LogP contribution in [0, 0.1) is 6.92 Å². The van der Waals surface area contributed by atoms with Crippen molar-refractivity contribution in [3.05, 3.63) is 52.5 Å². The number of thiocarbonyl (C=S) groups is 1. The summed E-state index contributed by atoms with van der Waals surface area (Å²) in [7, 11) is 0. The maximum absolute atomic E-state index is 6.24. The Morgan fingerprint density at radius 3 is 2.37 bits per heavy atom. The van der Waals surface area contributed by atoms with Crippen molar-refractivity contribution in [1.29, 1.82) is 0 Å². The first-order chi connectivity index (χ1) is 9.15. The van der Waals surface area contributed by atoms with Crippen molar-refractivity contribution in [2.24, 2.45) is 4.99 Å². The molecule has 2 aromatic carbocycles. The van der Waals surface area contributed by atoms with E-state index >= 15 is 0 Å². The second kappa shape index (κ2) is 6.12. The molecule has 2 aromatic rings.